The van der Waals surface area contributed by atoms with Crippen molar-refractivity contribution in [3.8, 4) is 0 Å². The van der Waals surface area contributed by atoms with Crippen molar-refractivity contribution in [2.24, 2.45) is 0 Å². The number of aliphatic carboxylic acids is 1. The maximum atomic E-state index is 12.2. The molecule has 0 saturated carbocycles. The Morgan fingerprint density at radius 1 is 0.655 bits per heavy atom. The summed E-state index contributed by atoms with van der Waals surface area (Å²) in [6, 6.07) is 0. The van der Waals surface area contributed by atoms with Crippen molar-refractivity contribution >= 4 is 11.8 Å². The third kappa shape index (κ3) is 14.3. The summed E-state index contributed by atoms with van der Waals surface area (Å²) in [5, 5.41) is 29.6. The normalized spacial score (nSPS) is 13.2. The number of Topliss-reactive ketones (excluding diaryl/α,β-unsaturated/α-hetero) is 1. The van der Waals surface area contributed by atoms with Crippen LogP contribution in [0.1, 0.15) is 123 Å². The lowest BCUT2D eigenvalue weighted by Crippen LogP contribution is -2.21. The average molecular weight is 413 g/mol. The van der Waals surface area contributed by atoms with Crippen LogP contribution >= 0.6 is 0 Å². The minimum atomic E-state index is -1.46. The van der Waals surface area contributed by atoms with Gasteiger partial charge in [0.1, 0.15) is 17.4 Å². The number of carbonyl (C=O) groups is 2. The van der Waals surface area contributed by atoms with Crippen LogP contribution in [0, 0.1) is 0 Å². The molecule has 5 heteroatoms. The van der Waals surface area contributed by atoms with Crippen LogP contribution in [0.15, 0.2) is 11.3 Å². The number of aliphatic hydroxyl groups excluding tert-OH is 2. The zero-order valence-electron chi connectivity index (χ0n) is 18.8. The molecule has 170 valence electrons. The van der Waals surface area contributed by atoms with Gasteiger partial charge in [0.15, 0.2) is 5.78 Å². The Morgan fingerprint density at radius 2 is 1.07 bits per heavy atom. The van der Waals surface area contributed by atoms with Gasteiger partial charge in [0.05, 0.1) is 0 Å². The summed E-state index contributed by atoms with van der Waals surface area (Å²) >= 11 is 0. The first-order valence-electron chi connectivity index (χ1n) is 11.8. The standard InChI is InChI=1S/C24H44O5/c1-3-5-7-9-10-11-12-13-15-17-19-21(26)23(27)22(24(28)29)20(25)18-16-14-8-6-4-2/h21,26-27H,3-19H2,1-2H3,(H,28,29). The number of carbonyl (C=O) groups excluding carboxylic acids is 1. The van der Waals surface area contributed by atoms with Crippen molar-refractivity contribution in [2.75, 3.05) is 0 Å². The molecule has 5 nitrogen and oxygen atoms in total. The molecule has 0 heterocycles. The Bertz CT molecular complexity index is 470. The Hall–Kier alpha value is -1.36. The first-order chi connectivity index (χ1) is 14.0. The van der Waals surface area contributed by atoms with Gasteiger partial charge < -0.3 is 15.3 Å². The number of unbranched alkanes of at least 4 members (excludes halogenated alkanes) is 13. The minimum Gasteiger partial charge on any atom is -0.509 e. The highest BCUT2D eigenvalue weighted by Gasteiger charge is 2.26. The average Bonchev–Trinajstić information content (AvgIpc) is 2.68. The topological polar surface area (TPSA) is 94.8 Å². The molecule has 0 fully saturated rings. The minimum absolute atomic E-state index is 0.0976. The highest BCUT2D eigenvalue weighted by Crippen LogP contribution is 2.18. The van der Waals surface area contributed by atoms with Crippen molar-refractivity contribution in [1.29, 1.82) is 0 Å². The molecule has 1 atom stereocenters. The molecule has 0 rings (SSSR count). The summed E-state index contributed by atoms with van der Waals surface area (Å²) in [6.45, 7) is 4.32. The van der Waals surface area contributed by atoms with Crippen LogP contribution in [-0.2, 0) is 9.59 Å². The molecule has 3 N–H and O–H groups in total. The maximum absolute atomic E-state index is 12.2. The summed E-state index contributed by atoms with van der Waals surface area (Å²) in [4.78, 5) is 23.6. The predicted octanol–water partition coefficient (Wildman–Crippen LogP) is 6.48. The fourth-order valence-electron chi connectivity index (χ4n) is 3.51. The molecule has 0 bridgehead atoms. The molecule has 0 aliphatic carbocycles. The fraction of sp³-hybridized carbons (Fsp3) is 0.833. The quantitative estimate of drug-likeness (QED) is 0.0699. The first kappa shape index (κ1) is 27.6. The second kappa shape index (κ2) is 18.7. The lowest BCUT2D eigenvalue weighted by atomic mass is 9.99. The van der Waals surface area contributed by atoms with Crippen LogP contribution < -0.4 is 0 Å². The van der Waals surface area contributed by atoms with Gasteiger partial charge in [-0.25, -0.2) is 4.79 Å². The van der Waals surface area contributed by atoms with Gasteiger partial charge in [0, 0.05) is 6.42 Å². The zero-order valence-corrected chi connectivity index (χ0v) is 18.8. The highest BCUT2D eigenvalue weighted by atomic mass is 16.4. The SMILES string of the molecule is CCCCCCCCCCCCC(O)C(O)=C(C(=O)O)C(=O)CCCCCCC. The van der Waals surface area contributed by atoms with Gasteiger partial charge in [-0.15, -0.1) is 0 Å². The summed E-state index contributed by atoms with van der Waals surface area (Å²) < 4.78 is 0. The second-order valence-electron chi connectivity index (χ2n) is 8.14. The van der Waals surface area contributed by atoms with Crippen LogP contribution in [0.4, 0.5) is 0 Å². The Morgan fingerprint density at radius 3 is 1.52 bits per heavy atom. The molecular weight excluding hydrogens is 368 g/mol. The maximum Gasteiger partial charge on any atom is 0.342 e. The third-order valence-electron chi connectivity index (χ3n) is 5.40. The van der Waals surface area contributed by atoms with Crippen LogP contribution in [0.2, 0.25) is 0 Å². The van der Waals surface area contributed by atoms with Crippen molar-refractivity contribution in [1.82, 2.24) is 0 Å². The Balaban J connectivity index is 4.20. The fourth-order valence-corrected chi connectivity index (χ4v) is 3.51. The number of aliphatic hydroxyl groups is 2. The molecule has 0 aromatic carbocycles. The monoisotopic (exact) mass is 412 g/mol. The molecule has 0 aromatic rings. The van der Waals surface area contributed by atoms with Crippen molar-refractivity contribution in [2.45, 2.75) is 129 Å². The van der Waals surface area contributed by atoms with Gasteiger partial charge in [-0.1, -0.05) is 104 Å². The van der Waals surface area contributed by atoms with Crippen molar-refractivity contribution in [3.05, 3.63) is 11.3 Å². The largest absolute Gasteiger partial charge is 0.509 e. The number of ketones is 1. The van der Waals surface area contributed by atoms with E-state index in [4.69, 9.17) is 0 Å². The molecule has 0 radical (unpaired) electrons. The van der Waals surface area contributed by atoms with Crippen molar-refractivity contribution < 1.29 is 24.9 Å². The zero-order chi connectivity index (χ0) is 21.9. The van der Waals surface area contributed by atoms with E-state index >= 15 is 0 Å². The summed E-state index contributed by atoms with van der Waals surface area (Å²) in [5.74, 6) is -2.72. The second-order valence-corrected chi connectivity index (χ2v) is 8.14. The molecule has 0 aliphatic heterocycles. The van der Waals surface area contributed by atoms with E-state index in [1.807, 2.05) is 0 Å². The Labute approximate surface area is 177 Å². The van der Waals surface area contributed by atoms with Gasteiger partial charge >= 0.3 is 5.97 Å². The van der Waals surface area contributed by atoms with Gasteiger partial charge in [-0.3, -0.25) is 4.79 Å². The third-order valence-corrected chi connectivity index (χ3v) is 5.40. The summed E-state index contributed by atoms with van der Waals surface area (Å²) in [6.07, 6.45) is 15.4. The van der Waals surface area contributed by atoms with Crippen LogP contribution in [0.3, 0.4) is 0 Å². The molecule has 29 heavy (non-hydrogen) atoms. The van der Waals surface area contributed by atoms with Crippen LogP contribution in [0.5, 0.6) is 0 Å². The summed E-state index contributed by atoms with van der Waals surface area (Å²) in [7, 11) is 0. The smallest absolute Gasteiger partial charge is 0.342 e. The lowest BCUT2D eigenvalue weighted by molar-refractivity contribution is -0.135. The van der Waals surface area contributed by atoms with E-state index in [0.29, 0.717) is 12.8 Å². The van der Waals surface area contributed by atoms with E-state index in [1.54, 1.807) is 0 Å². The van der Waals surface area contributed by atoms with Crippen molar-refractivity contribution in [3.63, 3.8) is 0 Å². The predicted molar refractivity (Wildman–Crippen MR) is 118 cm³/mol. The molecule has 0 amide bonds. The number of carboxylic acids is 1. The Kier molecular flexibility index (Phi) is 17.8. The molecule has 0 aromatic heterocycles. The number of hydrogen-bond donors (Lipinski definition) is 3. The highest BCUT2D eigenvalue weighted by molar-refractivity contribution is 6.17. The van der Waals surface area contributed by atoms with Gasteiger partial charge in [0.2, 0.25) is 0 Å². The molecular formula is C24H44O5. The van der Waals surface area contributed by atoms with E-state index in [-0.39, 0.29) is 12.8 Å². The molecule has 0 saturated heterocycles. The van der Waals surface area contributed by atoms with E-state index in [9.17, 15) is 24.9 Å². The number of carboxylic acid groups (broad SMARTS) is 1. The van der Waals surface area contributed by atoms with Gasteiger partial charge in [0.25, 0.3) is 0 Å². The first-order valence-corrected chi connectivity index (χ1v) is 11.8. The van der Waals surface area contributed by atoms with E-state index in [2.05, 4.69) is 13.8 Å². The van der Waals surface area contributed by atoms with Gasteiger partial charge in [-0.05, 0) is 12.8 Å². The van der Waals surface area contributed by atoms with E-state index < -0.39 is 29.2 Å². The van der Waals surface area contributed by atoms with Gasteiger partial charge in [-0.2, -0.15) is 0 Å². The molecule has 1 unspecified atom stereocenters. The van der Waals surface area contributed by atoms with E-state index in [0.717, 1.165) is 38.5 Å². The molecule has 0 aliphatic rings. The van der Waals surface area contributed by atoms with E-state index in [1.165, 1.54) is 44.9 Å². The lowest BCUT2D eigenvalue weighted by Gasteiger charge is -2.13. The van der Waals surface area contributed by atoms with Crippen LogP contribution in [-0.4, -0.2) is 33.2 Å². The summed E-state index contributed by atoms with van der Waals surface area (Å²) in [5.41, 5.74) is -0.639. The number of rotatable bonds is 20. The van der Waals surface area contributed by atoms with Crippen LogP contribution in [0.25, 0.3) is 0 Å². The number of hydrogen-bond acceptors (Lipinski definition) is 4. The molecule has 0 spiro atoms.